The average Bonchev–Trinajstić information content (AvgIpc) is 3.78. The number of unbranched alkanes of at least 4 members (excludes halogenated alkanes) is 7. The molecule has 8 atom stereocenters. The summed E-state index contributed by atoms with van der Waals surface area (Å²) < 4.78 is 65.3. The number of carbonyl (C=O) groups is 3. The number of hydrogen-bond acceptors (Lipinski definition) is 8. The van der Waals surface area contributed by atoms with E-state index in [1.165, 1.54) is 57.1 Å². The first-order valence-electron chi connectivity index (χ1n) is 15.3. The number of aliphatic hydroxyl groups is 1. The van der Waals surface area contributed by atoms with Crippen molar-refractivity contribution in [3.05, 3.63) is 48.0 Å². The first-order chi connectivity index (χ1) is 21.0. The lowest BCUT2D eigenvalue weighted by Crippen LogP contribution is -2.71. The summed E-state index contributed by atoms with van der Waals surface area (Å²) in [6, 6.07) is 5.06. The number of carbonyl (C=O) groups excluding carboxylic acids is 3. The molecule has 2 bridgehead atoms. The second kappa shape index (κ2) is 14.1. The van der Waals surface area contributed by atoms with E-state index in [9.17, 15) is 32.7 Å². The van der Waals surface area contributed by atoms with Crippen LogP contribution in [0.5, 0.6) is 0 Å². The number of allylic oxidation sites excluding steroid dienone is 1. The van der Waals surface area contributed by atoms with Gasteiger partial charge in [-0.3, -0.25) is 9.59 Å². The number of fused-ring (bicyclic) bond motifs is 4. The fourth-order valence-electron chi connectivity index (χ4n) is 6.60. The number of amides is 1. The Hall–Kier alpha value is -2.80. The molecule has 3 aliphatic rings. The molecule has 3 fully saturated rings. The molecule has 0 unspecified atom stereocenters. The number of epoxide rings is 1. The smallest absolute Gasteiger partial charge is 0.432 e. The van der Waals surface area contributed by atoms with Gasteiger partial charge in [-0.25, -0.2) is 4.79 Å². The van der Waals surface area contributed by atoms with Gasteiger partial charge in [-0.2, -0.15) is 13.2 Å². The van der Waals surface area contributed by atoms with Crippen LogP contribution in [-0.2, 0) is 38.9 Å². The quantitative estimate of drug-likeness (QED) is 0.128. The fraction of sp³-hybridized carbons (Fsp3) is 0.656. The van der Waals surface area contributed by atoms with Crippen molar-refractivity contribution in [2.45, 2.75) is 113 Å². The van der Waals surface area contributed by atoms with E-state index in [1.807, 2.05) is 0 Å². The topological polar surface area (TPSA) is 124 Å². The fourth-order valence-corrected chi connectivity index (χ4v) is 6.60. The molecule has 244 valence electrons. The van der Waals surface area contributed by atoms with Gasteiger partial charge in [0.05, 0.1) is 18.1 Å². The number of nitrogens with one attached hydrogen (secondary N) is 1. The maximum Gasteiger partial charge on any atom is 0.432 e. The lowest BCUT2D eigenvalue weighted by Gasteiger charge is -2.48. The van der Waals surface area contributed by atoms with Gasteiger partial charge in [0.1, 0.15) is 18.3 Å². The van der Waals surface area contributed by atoms with Crippen LogP contribution in [-0.4, -0.2) is 79.2 Å². The van der Waals surface area contributed by atoms with E-state index in [1.54, 1.807) is 6.08 Å². The summed E-state index contributed by atoms with van der Waals surface area (Å²) in [4.78, 5) is 40.1. The van der Waals surface area contributed by atoms with Crippen molar-refractivity contribution in [2.75, 3.05) is 14.2 Å². The van der Waals surface area contributed by atoms with E-state index in [-0.39, 0.29) is 0 Å². The van der Waals surface area contributed by atoms with Crippen molar-refractivity contribution in [2.24, 2.45) is 5.92 Å². The first-order valence-corrected chi connectivity index (χ1v) is 15.3. The van der Waals surface area contributed by atoms with Crippen LogP contribution >= 0.6 is 0 Å². The summed E-state index contributed by atoms with van der Waals surface area (Å²) in [5.74, 6) is -4.61. The number of hydrogen-bond donors (Lipinski definition) is 2. The number of ketones is 1. The molecule has 2 N–H and O–H groups in total. The highest BCUT2D eigenvalue weighted by Gasteiger charge is 2.74. The molecule has 1 heterocycles. The van der Waals surface area contributed by atoms with Crippen molar-refractivity contribution in [3.8, 4) is 0 Å². The van der Waals surface area contributed by atoms with E-state index in [0.717, 1.165) is 38.5 Å². The van der Waals surface area contributed by atoms with Gasteiger partial charge in [0.2, 0.25) is 5.91 Å². The lowest BCUT2D eigenvalue weighted by atomic mass is 9.63. The van der Waals surface area contributed by atoms with E-state index in [0.29, 0.717) is 6.42 Å². The van der Waals surface area contributed by atoms with Crippen LogP contribution in [0.4, 0.5) is 13.2 Å². The van der Waals surface area contributed by atoms with Crippen LogP contribution < -0.4 is 5.32 Å². The number of esters is 1. The van der Waals surface area contributed by atoms with Gasteiger partial charge < -0.3 is 29.4 Å². The van der Waals surface area contributed by atoms with Crippen molar-refractivity contribution >= 4 is 17.7 Å². The number of rotatable bonds is 15. The minimum absolute atomic E-state index is 0.424. The zero-order valence-electron chi connectivity index (χ0n) is 25.3. The summed E-state index contributed by atoms with van der Waals surface area (Å²) in [7, 11) is 2.02. The Morgan fingerprint density at radius 2 is 1.73 bits per heavy atom. The number of benzene rings is 1. The van der Waals surface area contributed by atoms with Crippen molar-refractivity contribution in [3.63, 3.8) is 0 Å². The summed E-state index contributed by atoms with van der Waals surface area (Å²) in [5, 5.41) is 14.0. The van der Waals surface area contributed by atoms with Crippen molar-refractivity contribution in [1.82, 2.24) is 5.32 Å². The molecular weight excluding hydrogens is 583 g/mol. The molecule has 0 aromatic heterocycles. The summed E-state index contributed by atoms with van der Waals surface area (Å²) in [6.45, 7) is 2.16. The van der Waals surface area contributed by atoms with E-state index in [2.05, 4.69) is 12.2 Å². The highest BCUT2D eigenvalue weighted by atomic mass is 19.4. The second-order valence-corrected chi connectivity index (χ2v) is 11.8. The molecule has 1 amide bonds. The Morgan fingerprint density at radius 1 is 1.07 bits per heavy atom. The number of ether oxygens (including phenoxy) is 4. The second-order valence-electron chi connectivity index (χ2n) is 11.8. The third-order valence-electron chi connectivity index (χ3n) is 8.94. The zero-order chi connectivity index (χ0) is 32.1. The molecule has 2 saturated carbocycles. The molecule has 9 nitrogen and oxygen atoms in total. The van der Waals surface area contributed by atoms with Gasteiger partial charge in [0.15, 0.2) is 11.4 Å². The van der Waals surface area contributed by atoms with Gasteiger partial charge in [-0.15, -0.1) is 0 Å². The normalized spacial score (nSPS) is 30.8. The molecule has 1 aromatic rings. The van der Waals surface area contributed by atoms with Gasteiger partial charge in [-0.1, -0.05) is 81.9 Å². The minimum Gasteiger partial charge on any atom is -0.457 e. The third-order valence-corrected chi connectivity index (χ3v) is 8.94. The van der Waals surface area contributed by atoms with Crippen LogP contribution in [0, 0.1) is 5.92 Å². The van der Waals surface area contributed by atoms with Crippen LogP contribution in [0.3, 0.4) is 0 Å². The van der Waals surface area contributed by atoms with Crippen LogP contribution in [0.2, 0.25) is 0 Å². The molecule has 1 saturated heterocycles. The maximum absolute atomic E-state index is 14.6. The third kappa shape index (κ3) is 6.59. The number of Topliss-reactive ketones (excluding diaryl/α,β-unsaturated/α-hetero) is 1. The zero-order valence-corrected chi connectivity index (χ0v) is 25.3. The van der Waals surface area contributed by atoms with Gasteiger partial charge in [0.25, 0.3) is 5.60 Å². The van der Waals surface area contributed by atoms with Crippen LogP contribution in [0.15, 0.2) is 42.5 Å². The Kier molecular flexibility index (Phi) is 10.9. The molecule has 0 spiro atoms. The molecule has 1 aliphatic heterocycles. The largest absolute Gasteiger partial charge is 0.457 e. The number of alkyl halides is 3. The van der Waals surface area contributed by atoms with Crippen LogP contribution in [0.25, 0.3) is 0 Å². The van der Waals surface area contributed by atoms with Gasteiger partial charge in [0, 0.05) is 26.2 Å². The Morgan fingerprint density at radius 3 is 2.34 bits per heavy atom. The standard InChI is InChI=1S/C32H42F3NO8/c1-4-5-6-7-8-9-10-11-15-18-22(37)36-21-19-30(40)27(38)23(25(41-2)26-28(30)43-26)24(21)44-29(39)31(42-3,32(33,34)35)20-16-13-12-14-17-20/h12-18,21,23-26,28,40H,4-11,19H2,1-3H3,(H,36,37)/b18-15+/t21-,23-,24-,25-,26-,28-,30+,31+/m0/s1. The van der Waals surface area contributed by atoms with Crippen molar-refractivity contribution < 1.29 is 51.6 Å². The van der Waals surface area contributed by atoms with E-state index >= 15 is 0 Å². The number of methoxy groups -OCH3 is 2. The van der Waals surface area contributed by atoms with Gasteiger partial charge in [-0.05, 0) is 18.9 Å². The summed E-state index contributed by atoms with van der Waals surface area (Å²) >= 11 is 0. The molecule has 44 heavy (non-hydrogen) atoms. The Balaban J connectivity index is 1.55. The van der Waals surface area contributed by atoms with Crippen LogP contribution in [0.1, 0.15) is 70.3 Å². The maximum atomic E-state index is 14.6. The Labute approximate surface area is 255 Å². The molecule has 2 aliphatic carbocycles. The Bertz CT molecular complexity index is 1190. The SMILES string of the molecule is CCCCCCCCC/C=C/C(=O)N[C@H]1C[C@@]2(O)C(=O)[C@H]([C@H](OC)[C@@H]3O[C@@H]32)[C@H]1OC(=O)[C@](OC)(c1ccccc1)C(F)(F)F. The average molecular weight is 626 g/mol. The highest BCUT2D eigenvalue weighted by molar-refractivity contribution is 5.95. The van der Waals surface area contributed by atoms with Gasteiger partial charge >= 0.3 is 12.1 Å². The van der Waals surface area contributed by atoms with E-state index < -0.39 is 83.4 Å². The number of halogens is 3. The molecule has 0 radical (unpaired) electrons. The predicted octanol–water partition coefficient (Wildman–Crippen LogP) is 4.30. The monoisotopic (exact) mass is 625 g/mol. The molecule has 1 aromatic carbocycles. The highest BCUT2D eigenvalue weighted by Crippen LogP contribution is 2.53. The summed E-state index contributed by atoms with van der Waals surface area (Å²) in [6.07, 6.45) is 1.47. The molecular formula is C32H42F3NO8. The molecule has 4 rings (SSSR count). The van der Waals surface area contributed by atoms with Crippen molar-refractivity contribution in [1.29, 1.82) is 0 Å². The molecule has 12 heteroatoms. The lowest BCUT2D eigenvalue weighted by molar-refractivity contribution is -0.280. The van der Waals surface area contributed by atoms with E-state index in [4.69, 9.17) is 18.9 Å². The summed E-state index contributed by atoms with van der Waals surface area (Å²) in [5.41, 5.74) is -6.08. The predicted molar refractivity (Wildman–Crippen MR) is 152 cm³/mol. The minimum atomic E-state index is -5.25. The first kappa shape index (κ1) is 34.1.